The number of carbonyl (C=O) groups is 1. The molecule has 0 radical (unpaired) electrons. The van der Waals surface area contributed by atoms with Crippen molar-refractivity contribution in [2.45, 2.75) is 13.0 Å². The maximum Gasteiger partial charge on any atom is 0.270 e. The Morgan fingerprint density at radius 3 is 2.65 bits per heavy atom. The summed E-state index contributed by atoms with van der Waals surface area (Å²) in [6.07, 6.45) is 1.77. The Hall–Kier alpha value is -1.49. The molecule has 0 spiro atoms. The van der Waals surface area contributed by atoms with Crippen LogP contribution < -0.4 is 5.73 Å². The number of aryl methyl sites for hydroxylation is 1. The second kappa shape index (κ2) is 4.41. The Balaban J connectivity index is 2.17. The average molecular weight is 236 g/mol. The van der Waals surface area contributed by atoms with Gasteiger partial charge in [-0.25, -0.2) is 0 Å². The molecule has 0 aromatic carbocycles. The van der Waals surface area contributed by atoms with Crippen LogP contribution in [0.1, 0.15) is 17.4 Å². The zero-order valence-corrected chi connectivity index (χ0v) is 10.7. The number of nitrogen functional groups attached to an aromatic ring is 1. The molecule has 1 saturated heterocycles. The third-order valence-corrected chi connectivity index (χ3v) is 3.34. The van der Waals surface area contributed by atoms with Gasteiger partial charge in [0.15, 0.2) is 0 Å². The molecule has 1 fully saturated rings. The number of hydrogen-bond donors (Lipinski definition) is 1. The van der Waals surface area contributed by atoms with Crippen molar-refractivity contribution in [2.24, 2.45) is 7.05 Å². The van der Waals surface area contributed by atoms with Crippen LogP contribution >= 0.6 is 0 Å². The van der Waals surface area contributed by atoms with Crippen molar-refractivity contribution in [3.8, 4) is 0 Å². The van der Waals surface area contributed by atoms with Crippen molar-refractivity contribution < 1.29 is 4.79 Å². The summed E-state index contributed by atoms with van der Waals surface area (Å²) in [6.45, 7) is 4.71. The predicted octanol–water partition coefficient (Wildman–Crippen LogP) is 0.383. The van der Waals surface area contributed by atoms with Crippen LogP contribution in [0.25, 0.3) is 0 Å². The Labute approximate surface area is 102 Å². The van der Waals surface area contributed by atoms with Gasteiger partial charge in [-0.15, -0.1) is 0 Å². The molecule has 2 N–H and O–H groups in total. The second-order valence-electron chi connectivity index (χ2n) is 4.88. The van der Waals surface area contributed by atoms with Crippen molar-refractivity contribution in [1.82, 2.24) is 14.4 Å². The number of hydrogen-bond acceptors (Lipinski definition) is 3. The van der Waals surface area contributed by atoms with E-state index >= 15 is 0 Å². The Bertz CT molecular complexity index is 426. The molecule has 0 bridgehead atoms. The second-order valence-corrected chi connectivity index (χ2v) is 4.88. The van der Waals surface area contributed by atoms with E-state index in [1.165, 1.54) is 0 Å². The van der Waals surface area contributed by atoms with Crippen LogP contribution in [0.5, 0.6) is 0 Å². The fraction of sp³-hybridized carbons (Fsp3) is 0.583. The van der Waals surface area contributed by atoms with Crippen LogP contribution in [0.3, 0.4) is 0 Å². The molecule has 5 nitrogen and oxygen atoms in total. The van der Waals surface area contributed by atoms with Gasteiger partial charge >= 0.3 is 0 Å². The quantitative estimate of drug-likeness (QED) is 0.767. The maximum atomic E-state index is 12.4. The van der Waals surface area contributed by atoms with E-state index in [1.54, 1.807) is 16.8 Å². The van der Waals surface area contributed by atoms with E-state index in [9.17, 15) is 4.79 Å². The van der Waals surface area contributed by atoms with Gasteiger partial charge in [-0.2, -0.15) is 0 Å². The van der Waals surface area contributed by atoms with E-state index < -0.39 is 0 Å². The highest BCUT2D eigenvalue weighted by molar-refractivity contribution is 5.94. The molecule has 1 aromatic rings. The Kier molecular flexibility index (Phi) is 3.11. The summed E-state index contributed by atoms with van der Waals surface area (Å²) < 4.78 is 1.79. The molecule has 1 aliphatic heterocycles. The molecule has 1 aliphatic rings. The smallest absolute Gasteiger partial charge is 0.270 e. The molecule has 94 valence electrons. The molecule has 17 heavy (non-hydrogen) atoms. The molecule has 5 heteroatoms. The lowest BCUT2D eigenvalue weighted by Gasteiger charge is -2.38. The summed E-state index contributed by atoms with van der Waals surface area (Å²) in [6, 6.07) is 1.99. The predicted molar refractivity (Wildman–Crippen MR) is 67.8 cm³/mol. The van der Waals surface area contributed by atoms with Gasteiger partial charge in [0.2, 0.25) is 0 Å². The summed E-state index contributed by atoms with van der Waals surface area (Å²) in [7, 11) is 3.93. The van der Waals surface area contributed by atoms with Gasteiger partial charge in [-0.3, -0.25) is 4.79 Å². The van der Waals surface area contributed by atoms with Crippen LogP contribution in [0, 0.1) is 0 Å². The summed E-state index contributed by atoms with van der Waals surface area (Å²) in [5.41, 5.74) is 7.01. The van der Waals surface area contributed by atoms with Crippen LogP contribution in [0.4, 0.5) is 5.69 Å². The molecule has 2 heterocycles. The van der Waals surface area contributed by atoms with Gasteiger partial charge in [0, 0.05) is 38.9 Å². The van der Waals surface area contributed by atoms with Crippen LogP contribution in [0.15, 0.2) is 12.3 Å². The number of anilines is 1. The largest absolute Gasteiger partial charge is 0.397 e. The molecular formula is C12H20N4O. The SMILES string of the molecule is CC1CN(C)CCN1C(=O)c1cc(N)cn1C. The van der Waals surface area contributed by atoms with Crippen molar-refractivity contribution >= 4 is 11.6 Å². The fourth-order valence-corrected chi connectivity index (χ4v) is 2.39. The van der Waals surface area contributed by atoms with Gasteiger partial charge in [0.05, 0.1) is 5.69 Å². The summed E-state index contributed by atoms with van der Waals surface area (Å²) in [5, 5.41) is 0. The van der Waals surface area contributed by atoms with Crippen LogP contribution in [-0.4, -0.2) is 53.0 Å². The molecule has 2 rings (SSSR count). The highest BCUT2D eigenvalue weighted by Gasteiger charge is 2.27. The average Bonchev–Trinajstić information content (AvgIpc) is 2.57. The number of likely N-dealkylation sites (N-methyl/N-ethyl adjacent to an activating group) is 1. The van der Waals surface area contributed by atoms with E-state index in [0.29, 0.717) is 11.4 Å². The lowest BCUT2D eigenvalue weighted by molar-refractivity contribution is 0.0524. The van der Waals surface area contributed by atoms with Crippen LogP contribution in [0.2, 0.25) is 0 Å². The molecule has 0 saturated carbocycles. The third kappa shape index (κ3) is 2.29. The van der Waals surface area contributed by atoms with E-state index in [-0.39, 0.29) is 11.9 Å². The topological polar surface area (TPSA) is 54.5 Å². The monoisotopic (exact) mass is 236 g/mol. The Morgan fingerprint density at radius 1 is 1.41 bits per heavy atom. The molecule has 1 amide bonds. The number of piperazine rings is 1. The van der Waals surface area contributed by atoms with E-state index in [0.717, 1.165) is 19.6 Å². The number of aromatic nitrogens is 1. The lowest BCUT2D eigenvalue weighted by atomic mass is 10.2. The van der Waals surface area contributed by atoms with Gasteiger partial charge in [0.1, 0.15) is 5.69 Å². The highest BCUT2D eigenvalue weighted by atomic mass is 16.2. The number of nitrogens with zero attached hydrogens (tertiary/aromatic N) is 3. The van der Waals surface area contributed by atoms with Crippen LogP contribution in [-0.2, 0) is 7.05 Å². The van der Waals surface area contributed by atoms with Gasteiger partial charge < -0.3 is 20.1 Å². The summed E-state index contributed by atoms with van der Waals surface area (Å²) >= 11 is 0. The molecule has 1 aromatic heterocycles. The van der Waals surface area contributed by atoms with E-state index in [4.69, 9.17) is 5.73 Å². The van der Waals surface area contributed by atoms with Gasteiger partial charge in [-0.1, -0.05) is 0 Å². The number of nitrogens with two attached hydrogens (primary N) is 1. The van der Waals surface area contributed by atoms with Crippen molar-refractivity contribution in [3.63, 3.8) is 0 Å². The number of carbonyl (C=O) groups excluding carboxylic acids is 1. The Morgan fingerprint density at radius 2 is 2.12 bits per heavy atom. The summed E-state index contributed by atoms with van der Waals surface area (Å²) in [4.78, 5) is 16.6. The number of amides is 1. The fourth-order valence-electron chi connectivity index (χ4n) is 2.39. The first-order chi connectivity index (χ1) is 7.99. The van der Waals surface area contributed by atoms with Gasteiger partial charge in [0.25, 0.3) is 5.91 Å². The van der Waals surface area contributed by atoms with Crippen molar-refractivity contribution in [1.29, 1.82) is 0 Å². The van der Waals surface area contributed by atoms with Crippen molar-refractivity contribution in [3.05, 3.63) is 18.0 Å². The van der Waals surface area contributed by atoms with E-state index in [2.05, 4.69) is 18.9 Å². The first kappa shape index (κ1) is 12.0. The highest BCUT2D eigenvalue weighted by Crippen LogP contribution is 2.15. The first-order valence-corrected chi connectivity index (χ1v) is 5.90. The molecule has 0 aliphatic carbocycles. The van der Waals surface area contributed by atoms with Gasteiger partial charge in [-0.05, 0) is 20.0 Å². The molecule has 1 atom stereocenters. The van der Waals surface area contributed by atoms with E-state index in [1.807, 2.05) is 11.9 Å². The zero-order chi connectivity index (χ0) is 12.6. The zero-order valence-electron chi connectivity index (χ0n) is 10.7. The summed E-state index contributed by atoms with van der Waals surface area (Å²) in [5.74, 6) is 0.0739. The molecular weight excluding hydrogens is 216 g/mol. The minimum atomic E-state index is 0.0739. The standard InChI is InChI=1S/C12H20N4O/c1-9-7-14(2)4-5-16(9)12(17)11-6-10(13)8-15(11)3/h6,8-9H,4-5,7,13H2,1-3H3. The lowest BCUT2D eigenvalue weighted by Crippen LogP contribution is -2.53. The molecule has 1 unspecified atom stereocenters. The minimum Gasteiger partial charge on any atom is -0.397 e. The minimum absolute atomic E-state index is 0.0739. The third-order valence-electron chi connectivity index (χ3n) is 3.34. The first-order valence-electron chi connectivity index (χ1n) is 5.90. The maximum absolute atomic E-state index is 12.4. The van der Waals surface area contributed by atoms with Crippen molar-refractivity contribution in [2.75, 3.05) is 32.4 Å². The normalized spacial score (nSPS) is 21.8. The number of rotatable bonds is 1.